The van der Waals surface area contributed by atoms with E-state index in [4.69, 9.17) is 4.74 Å². The second kappa shape index (κ2) is 4.15. The maximum atomic E-state index is 12.3. The van der Waals surface area contributed by atoms with Gasteiger partial charge < -0.3 is 4.74 Å². The predicted octanol–water partition coefficient (Wildman–Crippen LogP) is 3.06. The van der Waals surface area contributed by atoms with Gasteiger partial charge in [0.05, 0.1) is 12.7 Å². The Morgan fingerprint density at radius 3 is 2.25 bits per heavy atom. The Balaban J connectivity index is 3.36. The molecule has 1 aromatic carbocycles. The number of ether oxygens (including phenoxy) is 1. The maximum absolute atomic E-state index is 12.3. The van der Waals surface area contributed by atoms with Crippen LogP contribution in [0.3, 0.4) is 0 Å². The minimum absolute atomic E-state index is 0.0117. The van der Waals surface area contributed by atoms with E-state index in [0.717, 1.165) is 11.6 Å². The Labute approximate surface area is 91.0 Å². The zero-order valence-electron chi connectivity index (χ0n) is 9.11. The average molecular weight is 232 g/mol. The van der Waals surface area contributed by atoms with Gasteiger partial charge in [0.2, 0.25) is 0 Å². The number of alkyl halides is 3. The standard InChI is InChI=1S/C11H11F3O2/c1-6-4-5-8(9(16-3)7(6)2)10(15)11(12,13)14/h4-5H,1-3H3. The third kappa shape index (κ3) is 2.18. The van der Waals surface area contributed by atoms with Gasteiger partial charge >= 0.3 is 6.18 Å². The Hall–Kier alpha value is -1.52. The van der Waals surface area contributed by atoms with E-state index >= 15 is 0 Å². The number of rotatable bonds is 2. The molecule has 0 heterocycles. The van der Waals surface area contributed by atoms with Crippen LogP contribution in [0, 0.1) is 13.8 Å². The first-order chi connectivity index (χ1) is 7.29. The van der Waals surface area contributed by atoms with Crippen molar-refractivity contribution in [3.05, 3.63) is 28.8 Å². The highest BCUT2D eigenvalue weighted by molar-refractivity contribution is 6.03. The monoisotopic (exact) mass is 232 g/mol. The lowest BCUT2D eigenvalue weighted by Crippen LogP contribution is -2.23. The number of hydrogen-bond donors (Lipinski definition) is 0. The summed E-state index contributed by atoms with van der Waals surface area (Å²) in [6.07, 6.45) is -4.88. The molecule has 0 bridgehead atoms. The first-order valence-electron chi connectivity index (χ1n) is 4.54. The minimum atomic E-state index is -4.88. The van der Waals surface area contributed by atoms with Crippen LogP contribution in [-0.2, 0) is 0 Å². The summed E-state index contributed by atoms with van der Waals surface area (Å²) in [5.74, 6) is -1.89. The molecule has 1 aromatic rings. The highest BCUT2D eigenvalue weighted by Crippen LogP contribution is 2.31. The number of aryl methyl sites for hydroxylation is 1. The Bertz CT molecular complexity index is 422. The molecule has 0 aliphatic carbocycles. The van der Waals surface area contributed by atoms with Crippen molar-refractivity contribution in [1.82, 2.24) is 0 Å². The summed E-state index contributed by atoms with van der Waals surface area (Å²) in [7, 11) is 1.24. The molecule has 0 N–H and O–H groups in total. The number of hydrogen-bond acceptors (Lipinski definition) is 2. The molecular weight excluding hydrogens is 221 g/mol. The maximum Gasteiger partial charge on any atom is 0.455 e. The molecule has 0 amide bonds. The second-order valence-corrected chi connectivity index (χ2v) is 3.42. The first-order valence-corrected chi connectivity index (χ1v) is 4.54. The molecule has 16 heavy (non-hydrogen) atoms. The summed E-state index contributed by atoms with van der Waals surface area (Å²) >= 11 is 0. The van der Waals surface area contributed by atoms with Crippen molar-refractivity contribution in [3.8, 4) is 5.75 Å². The predicted molar refractivity (Wildman–Crippen MR) is 52.9 cm³/mol. The zero-order chi connectivity index (χ0) is 12.5. The Kier molecular flexibility index (Phi) is 3.26. The van der Waals surface area contributed by atoms with Crippen LogP contribution in [0.25, 0.3) is 0 Å². The molecule has 0 aromatic heterocycles. The van der Waals surface area contributed by atoms with Crippen LogP contribution in [0.2, 0.25) is 0 Å². The van der Waals surface area contributed by atoms with E-state index in [9.17, 15) is 18.0 Å². The van der Waals surface area contributed by atoms with Crippen LogP contribution in [0.15, 0.2) is 12.1 Å². The van der Waals surface area contributed by atoms with Gasteiger partial charge in [0.25, 0.3) is 5.78 Å². The van der Waals surface area contributed by atoms with Crippen molar-refractivity contribution >= 4 is 5.78 Å². The molecule has 0 radical (unpaired) electrons. The highest BCUT2D eigenvalue weighted by Gasteiger charge is 2.41. The van der Waals surface area contributed by atoms with Crippen molar-refractivity contribution in [2.24, 2.45) is 0 Å². The quantitative estimate of drug-likeness (QED) is 0.732. The van der Waals surface area contributed by atoms with Crippen LogP contribution in [0.5, 0.6) is 5.75 Å². The van der Waals surface area contributed by atoms with E-state index < -0.39 is 17.5 Å². The van der Waals surface area contributed by atoms with Gasteiger partial charge in [-0.25, -0.2) is 0 Å². The normalized spacial score (nSPS) is 11.4. The van der Waals surface area contributed by atoms with E-state index in [1.807, 2.05) is 0 Å². The van der Waals surface area contributed by atoms with Crippen molar-refractivity contribution in [2.45, 2.75) is 20.0 Å². The molecule has 0 aliphatic heterocycles. The van der Waals surface area contributed by atoms with Gasteiger partial charge in [-0.3, -0.25) is 4.79 Å². The smallest absolute Gasteiger partial charge is 0.455 e. The molecule has 0 spiro atoms. The van der Waals surface area contributed by atoms with Crippen LogP contribution < -0.4 is 4.74 Å². The van der Waals surface area contributed by atoms with Gasteiger partial charge in [-0.05, 0) is 31.0 Å². The van der Waals surface area contributed by atoms with E-state index in [-0.39, 0.29) is 5.75 Å². The minimum Gasteiger partial charge on any atom is -0.496 e. The van der Waals surface area contributed by atoms with Gasteiger partial charge in [-0.1, -0.05) is 6.07 Å². The van der Waals surface area contributed by atoms with Gasteiger partial charge in [0.1, 0.15) is 5.75 Å². The molecular formula is C11H11F3O2. The number of benzene rings is 1. The number of halogens is 3. The molecule has 2 nitrogen and oxygen atoms in total. The zero-order valence-corrected chi connectivity index (χ0v) is 9.11. The number of carbonyl (C=O) groups is 1. The van der Waals surface area contributed by atoms with Gasteiger partial charge in [0, 0.05) is 0 Å². The van der Waals surface area contributed by atoms with Crippen molar-refractivity contribution < 1.29 is 22.7 Å². The number of ketones is 1. The van der Waals surface area contributed by atoms with E-state index in [2.05, 4.69) is 0 Å². The molecule has 88 valence electrons. The molecule has 0 atom stereocenters. The number of carbonyl (C=O) groups excluding carboxylic acids is 1. The third-order valence-electron chi connectivity index (χ3n) is 2.38. The molecule has 0 unspecified atom stereocenters. The van der Waals surface area contributed by atoms with Crippen molar-refractivity contribution in [1.29, 1.82) is 0 Å². The summed E-state index contributed by atoms with van der Waals surface area (Å²) < 4.78 is 41.7. The first kappa shape index (κ1) is 12.5. The SMILES string of the molecule is COc1c(C(=O)C(F)(F)F)ccc(C)c1C. The summed E-state index contributed by atoms with van der Waals surface area (Å²) in [5, 5.41) is 0. The fraction of sp³-hybridized carbons (Fsp3) is 0.364. The van der Waals surface area contributed by atoms with Gasteiger partial charge in [-0.2, -0.15) is 13.2 Å². The highest BCUT2D eigenvalue weighted by atomic mass is 19.4. The summed E-state index contributed by atoms with van der Waals surface area (Å²) in [4.78, 5) is 11.1. The van der Waals surface area contributed by atoms with Crippen LogP contribution >= 0.6 is 0 Å². The molecule has 0 fully saturated rings. The fourth-order valence-electron chi connectivity index (χ4n) is 1.38. The summed E-state index contributed by atoms with van der Waals surface area (Å²) in [5.41, 5.74) is 0.867. The van der Waals surface area contributed by atoms with Crippen molar-refractivity contribution in [2.75, 3.05) is 7.11 Å². The summed E-state index contributed by atoms with van der Waals surface area (Å²) in [6.45, 7) is 3.35. The van der Waals surface area contributed by atoms with Crippen LogP contribution in [0.1, 0.15) is 21.5 Å². The lowest BCUT2D eigenvalue weighted by atomic mass is 10.0. The van der Waals surface area contributed by atoms with Crippen LogP contribution in [0.4, 0.5) is 13.2 Å². The number of Topliss-reactive ketones (excluding diaryl/α,β-unsaturated/α-hetero) is 1. The van der Waals surface area contributed by atoms with Crippen LogP contribution in [-0.4, -0.2) is 19.1 Å². The topological polar surface area (TPSA) is 26.3 Å². The largest absolute Gasteiger partial charge is 0.496 e. The number of methoxy groups -OCH3 is 1. The average Bonchev–Trinajstić information content (AvgIpc) is 2.19. The molecule has 0 aliphatic rings. The Morgan fingerprint density at radius 2 is 1.81 bits per heavy atom. The lowest BCUT2D eigenvalue weighted by Gasteiger charge is -2.13. The van der Waals surface area contributed by atoms with E-state index in [0.29, 0.717) is 5.56 Å². The summed E-state index contributed by atoms with van der Waals surface area (Å²) in [6, 6.07) is 2.60. The lowest BCUT2D eigenvalue weighted by molar-refractivity contribution is -0.0886. The molecule has 0 saturated heterocycles. The molecule has 5 heteroatoms. The second-order valence-electron chi connectivity index (χ2n) is 3.42. The van der Waals surface area contributed by atoms with Gasteiger partial charge in [-0.15, -0.1) is 0 Å². The molecule has 1 rings (SSSR count). The van der Waals surface area contributed by atoms with E-state index in [1.54, 1.807) is 13.8 Å². The van der Waals surface area contributed by atoms with E-state index in [1.165, 1.54) is 13.2 Å². The van der Waals surface area contributed by atoms with Crippen molar-refractivity contribution in [3.63, 3.8) is 0 Å². The Morgan fingerprint density at radius 1 is 1.25 bits per heavy atom. The van der Waals surface area contributed by atoms with Gasteiger partial charge in [0.15, 0.2) is 0 Å². The fourth-order valence-corrected chi connectivity index (χ4v) is 1.38. The third-order valence-corrected chi connectivity index (χ3v) is 2.38. The molecule has 0 saturated carbocycles.